The molecule has 0 amide bonds. The van der Waals surface area contributed by atoms with Gasteiger partial charge in [0.2, 0.25) is 0 Å². The zero-order valence-electron chi connectivity index (χ0n) is 11.9. The molecule has 2 rings (SSSR count). The van der Waals surface area contributed by atoms with E-state index in [-0.39, 0.29) is 0 Å². The van der Waals surface area contributed by atoms with Gasteiger partial charge in [0.25, 0.3) is 0 Å². The summed E-state index contributed by atoms with van der Waals surface area (Å²) in [6.07, 6.45) is 11.1. The highest BCUT2D eigenvalue weighted by Crippen LogP contribution is 2.16. The van der Waals surface area contributed by atoms with E-state index in [4.69, 9.17) is 10.5 Å². The Hall–Kier alpha value is -1.78. The molecule has 1 aromatic heterocycles. The Morgan fingerprint density at radius 3 is 2.85 bits per heavy atom. The number of pyridine rings is 1. The summed E-state index contributed by atoms with van der Waals surface area (Å²) in [5.41, 5.74) is 5.91. The number of ether oxygens (including phenoxy) is 1. The molecule has 0 radical (unpaired) electrons. The molecule has 5 nitrogen and oxygen atoms in total. The molecule has 1 aliphatic carbocycles. The minimum absolute atomic E-state index is 0.487. The van der Waals surface area contributed by atoms with Crippen LogP contribution < -0.4 is 15.8 Å². The second-order valence-corrected chi connectivity index (χ2v) is 5.14. The summed E-state index contributed by atoms with van der Waals surface area (Å²) in [7, 11) is 0. The summed E-state index contributed by atoms with van der Waals surface area (Å²) in [5.74, 6) is 1.30. The molecule has 5 heteroatoms. The zero-order valence-corrected chi connectivity index (χ0v) is 11.9. The summed E-state index contributed by atoms with van der Waals surface area (Å²) in [6.45, 7) is 1.07. The molecular weight excluding hydrogens is 252 g/mol. The van der Waals surface area contributed by atoms with Gasteiger partial charge in [-0.3, -0.25) is 4.98 Å². The van der Waals surface area contributed by atoms with E-state index in [0.29, 0.717) is 25.2 Å². The highest BCUT2D eigenvalue weighted by atomic mass is 16.5. The third kappa shape index (κ3) is 5.47. The Labute approximate surface area is 120 Å². The van der Waals surface area contributed by atoms with Crippen molar-refractivity contribution in [2.45, 2.75) is 44.6 Å². The van der Waals surface area contributed by atoms with Gasteiger partial charge in [0.1, 0.15) is 12.4 Å². The van der Waals surface area contributed by atoms with Crippen molar-refractivity contribution in [1.82, 2.24) is 10.3 Å². The van der Waals surface area contributed by atoms with Crippen molar-refractivity contribution >= 4 is 5.96 Å². The van der Waals surface area contributed by atoms with E-state index in [1.807, 2.05) is 12.1 Å². The topological polar surface area (TPSA) is 72.5 Å². The largest absolute Gasteiger partial charge is 0.490 e. The first kappa shape index (κ1) is 14.6. The van der Waals surface area contributed by atoms with E-state index in [9.17, 15) is 0 Å². The second-order valence-electron chi connectivity index (χ2n) is 5.14. The molecule has 1 aliphatic rings. The fraction of sp³-hybridized carbons (Fsp3) is 0.600. The molecule has 0 atom stereocenters. The van der Waals surface area contributed by atoms with Gasteiger partial charge in [-0.05, 0) is 25.0 Å². The van der Waals surface area contributed by atoms with Gasteiger partial charge in [-0.2, -0.15) is 0 Å². The minimum Gasteiger partial charge on any atom is -0.490 e. The van der Waals surface area contributed by atoms with Gasteiger partial charge >= 0.3 is 0 Å². The summed E-state index contributed by atoms with van der Waals surface area (Å²) < 4.78 is 5.51. The maximum Gasteiger partial charge on any atom is 0.188 e. The van der Waals surface area contributed by atoms with Crippen LogP contribution in [-0.4, -0.2) is 30.1 Å². The van der Waals surface area contributed by atoms with Crippen molar-refractivity contribution in [3.05, 3.63) is 24.5 Å². The molecule has 1 heterocycles. The number of nitrogens with two attached hydrogens (primary N) is 1. The summed E-state index contributed by atoms with van der Waals surface area (Å²) in [5, 5.41) is 3.32. The predicted octanol–water partition coefficient (Wildman–Crippen LogP) is 2.09. The number of hydrogen-bond donors (Lipinski definition) is 2. The maximum absolute atomic E-state index is 5.91. The fourth-order valence-corrected chi connectivity index (χ4v) is 2.44. The van der Waals surface area contributed by atoms with Crippen LogP contribution in [0.3, 0.4) is 0 Å². The third-order valence-electron chi connectivity index (χ3n) is 3.48. The molecule has 110 valence electrons. The monoisotopic (exact) mass is 276 g/mol. The molecule has 0 bridgehead atoms. The van der Waals surface area contributed by atoms with E-state index in [2.05, 4.69) is 15.3 Å². The Bertz CT molecular complexity index is 400. The Morgan fingerprint density at radius 2 is 2.15 bits per heavy atom. The van der Waals surface area contributed by atoms with E-state index in [1.165, 1.54) is 38.5 Å². The third-order valence-corrected chi connectivity index (χ3v) is 3.48. The van der Waals surface area contributed by atoms with Crippen LogP contribution in [0.25, 0.3) is 0 Å². The Balaban J connectivity index is 1.65. The summed E-state index contributed by atoms with van der Waals surface area (Å²) in [6, 6.07) is 4.21. The number of nitrogens with zero attached hydrogens (tertiary/aromatic N) is 2. The number of guanidine groups is 1. The quantitative estimate of drug-likeness (QED) is 0.374. The smallest absolute Gasteiger partial charge is 0.188 e. The second kappa shape index (κ2) is 8.40. The molecule has 0 spiro atoms. The van der Waals surface area contributed by atoms with E-state index < -0.39 is 0 Å². The lowest BCUT2D eigenvalue weighted by Crippen LogP contribution is -2.40. The first-order chi connectivity index (χ1) is 9.84. The highest BCUT2D eigenvalue weighted by Gasteiger charge is 2.11. The van der Waals surface area contributed by atoms with Crippen LogP contribution in [0, 0.1) is 0 Å². The van der Waals surface area contributed by atoms with Gasteiger partial charge in [-0.25, -0.2) is 4.99 Å². The SMILES string of the molecule is NC(=NCCOc1cccnc1)NC1CCCCCC1. The number of hydrogen-bond acceptors (Lipinski definition) is 3. The van der Waals surface area contributed by atoms with Crippen LogP contribution in [0.5, 0.6) is 5.75 Å². The van der Waals surface area contributed by atoms with Gasteiger partial charge < -0.3 is 15.8 Å². The number of rotatable bonds is 5. The fourth-order valence-electron chi connectivity index (χ4n) is 2.44. The lowest BCUT2D eigenvalue weighted by atomic mass is 10.1. The molecule has 1 fully saturated rings. The first-order valence-electron chi connectivity index (χ1n) is 7.44. The molecule has 1 saturated carbocycles. The minimum atomic E-state index is 0.487. The van der Waals surface area contributed by atoms with Crippen molar-refractivity contribution in [2.24, 2.45) is 10.7 Å². The van der Waals surface area contributed by atoms with Crippen LogP contribution in [0.2, 0.25) is 0 Å². The van der Waals surface area contributed by atoms with E-state index >= 15 is 0 Å². The average Bonchev–Trinajstić information content (AvgIpc) is 2.73. The van der Waals surface area contributed by atoms with Crippen molar-refractivity contribution in [1.29, 1.82) is 0 Å². The van der Waals surface area contributed by atoms with Crippen LogP contribution >= 0.6 is 0 Å². The van der Waals surface area contributed by atoms with Gasteiger partial charge in [0.05, 0.1) is 12.7 Å². The van der Waals surface area contributed by atoms with Gasteiger partial charge in [-0.1, -0.05) is 25.7 Å². The van der Waals surface area contributed by atoms with E-state index in [1.54, 1.807) is 12.4 Å². The van der Waals surface area contributed by atoms with Gasteiger partial charge in [0.15, 0.2) is 5.96 Å². The number of nitrogens with one attached hydrogen (secondary N) is 1. The number of aromatic nitrogens is 1. The van der Waals surface area contributed by atoms with Gasteiger partial charge in [-0.15, -0.1) is 0 Å². The lowest BCUT2D eigenvalue weighted by molar-refractivity contribution is 0.327. The maximum atomic E-state index is 5.91. The van der Waals surface area contributed by atoms with Crippen molar-refractivity contribution in [3.8, 4) is 5.75 Å². The Morgan fingerprint density at radius 1 is 1.35 bits per heavy atom. The van der Waals surface area contributed by atoms with Crippen LogP contribution in [-0.2, 0) is 0 Å². The molecule has 1 aromatic rings. The molecule has 0 aromatic carbocycles. The average molecular weight is 276 g/mol. The van der Waals surface area contributed by atoms with Crippen LogP contribution in [0.4, 0.5) is 0 Å². The lowest BCUT2D eigenvalue weighted by Gasteiger charge is -2.16. The summed E-state index contributed by atoms with van der Waals surface area (Å²) >= 11 is 0. The Kier molecular flexibility index (Phi) is 6.14. The molecule has 20 heavy (non-hydrogen) atoms. The first-order valence-corrected chi connectivity index (χ1v) is 7.44. The van der Waals surface area contributed by atoms with Gasteiger partial charge in [0, 0.05) is 12.2 Å². The zero-order chi connectivity index (χ0) is 14.0. The predicted molar refractivity (Wildman–Crippen MR) is 80.8 cm³/mol. The van der Waals surface area contributed by atoms with Crippen molar-refractivity contribution in [2.75, 3.05) is 13.2 Å². The standard InChI is InChI=1S/C15H24N4O/c16-15(19-13-6-3-1-2-4-7-13)18-10-11-20-14-8-5-9-17-12-14/h5,8-9,12-13H,1-4,6-7,10-11H2,(H3,16,18,19). The summed E-state index contributed by atoms with van der Waals surface area (Å²) in [4.78, 5) is 8.29. The molecule has 0 unspecified atom stereocenters. The normalized spacial score (nSPS) is 17.5. The van der Waals surface area contributed by atoms with Crippen LogP contribution in [0.1, 0.15) is 38.5 Å². The van der Waals surface area contributed by atoms with Crippen LogP contribution in [0.15, 0.2) is 29.5 Å². The van der Waals surface area contributed by atoms with Crippen molar-refractivity contribution < 1.29 is 4.74 Å². The molecule has 0 saturated heterocycles. The molecular formula is C15H24N4O. The highest BCUT2D eigenvalue weighted by molar-refractivity contribution is 5.78. The van der Waals surface area contributed by atoms with E-state index in [0.717, 1.165) is 5.75 Å². The van der Waals surface area contributed by atoms with Crippen molar-refractivity contribution in [3.63, 3.8) is 0 Å². The molecule has 0 aliphatic heterocycles. The molecule has 3 N–H and O–H groups in total. The number of aliphatic imine (C=N–C) groups is 1.